The first-order chi connectivity index (χ1) is 8.75. The molecule has 1 saturated heterocycles. The van der Waals surface area contributed by atoms with Crippen molar-refractivity contribution in [2.75, 3.05) is 23.4 Å². The number of carbonyl (C=O) groups excluding carboxylic acids is 1. The van der Waals surface area contributed by atoms with E-state index in [0.29, 0.717) is 12.6 Å². The topological polar surface area (TPSA) is 41.1 Å². The Balaban J connectivity index is 1.76. The van der Waals surface area contributed by atoms with Gasteiger partial charge in [0.05, 0.1) is 6.54 Å². The van der Waals surface area contributed by atoms with Crippen LogP contribution in [0.3, 0.4) is 0 Å². The predicted octanol–water partition coefficient (Wildman–Crippen LogP) is 2.42. The van der Waals surface area contributed by atoms with Crippen molar-refractivity contribution in [2.24, 2.45) is 0 Å². The first-order valence-electron chi connectivity index (χ1n) is 6.42. The van der Waals surface area contributed by atoms with E-state index in [1.54, 1.807) is 0 Å². The van der Waals surface area contributed by atoms with Gasteiger partial charge >= 0.3 is 0 Å². The van der Waals surface area contributed by atoms with Crippen molar-refractivity contribution in [3.8, 4) is 0 Å². The van der Waals surface area contributed by atoms with Crippen molar-refractivity contribution < 1.29 is 4.79 Å². The van der Waals surface area contributed by atoms with Crippen LogP contribution in [0.15, 0.2) is 24.3 Å². The van der Waals surface area contributed by atoms with Gasteiger partial charge in [0.1, 0.15) is 0 Å². The van der Waals surface area contributed by atoms with Gasteiger partial charge in [-0.15, -0.1) is 0 Å². The molecule has 0 bridgehead atoms. The van der Waals surface area contributed by atoms with Crippen LogP contribution in [0.1, 0.15) is 18.4 Å². The molecule has 2 N–H and O–H groups in total. The highest BCUT2D eigenvalue weighted by atomic mass is 32.2. The zero-order valence-electron chi connectivity index (χ0n) is 10.7. The van der Waals surface area contributed by atoms with Crippen LogP contribution < -0.4 is 10.6 Å². The third-order valence-corrected chi connectivity index (χ3v) is 4.35. The molecule has 2 rings (SSSR count). The first-order valence-corrected chi connectivity index (χ1v) is 7.58. The Morgan fingerprint density at radius 3 is 3.00 bits per heavy atom. The third kappa shape index (κ3) is 4.03. The lowest BCUT2D eigenvalue weighted by Gasteiger charge is -2.22. The SMILES string of the molecule is Cc1ccccc1NC(=O)CNC1CCCSC1. The van der Waals surface area contributed by atoms with E-state index in [1.807, 2.05) is 43.0 Å². The third-order valence-electron chi connectivity index (χ3n) is 3.13. The molecule has 0 aromatic heterocycles. The Kier molecular flexibility index (Phi) is 5.08. The molecular weight excluding hydrogens is 244 g/mol. The highest BCUT2D eigenvalue weighted by Crippen LogP contribution is 2.17. The maximum Gasteiger partial charge on any atom is 0.238 e. The molecule has 1 unspecified atom stereocenters. The maximum atomic E-state index is 11.8. The Hall–Kier alpha value is -1.000. The van der Waals surface area contributed by atoms with Crippen molar-refractivity contribution in [3.63, 3.8) is 0 Å². The normalized spacial score (nSPS) is 19.5. The van der Waals surface area contributed by atoms with Crippen LogP contribution in [0, 0.1) is 6.92 Å². The molecule has 0 spiro atoms. The van der Waals surface area contributed by atoms with Gasteiger partial charge in [-0.3, -0.25) is 4.79 Å². The Bertz CT molecular complexity index is 403. The van der Waals surface area contributed by atoms with Crippen LogP contribution in [-0.2, 0) is 4.79 Å². The fourth-order valence-corrected chi connectivity index (χ4v) is 3.15. The van der Waals surface area contributed by atoms with Gasteiger partial charge in [0.2, 0.25) is 5.91 Å². The largest absolute Gasteiger partial charge is 0.325 e. The fraction of sp³-hybridized carbons (Fsp3) is 0.500. The minimum Gasteiger partial charge on any atom is -0.325 e. The maximum absolute atomic E-state index is 11.8. The van der Waals surface area contributed by atoms with Gasteiger partial charge in [-0.05, 0) is 37.1 Å². The summed E-state index contributed by atoms with van der Waals surface area (Å²) in [6.07, 6.45) is 2.44. The zero-order chi connectivity index (χ0) is 12.8. The van der Waals surface area contributed by atoms with Crippen LogP contribution in [0.2, 0.25) is 0 Å². The Labute approximate surface area is 113 Å². The fourth-order valence-electron chi connectivity index (χ4n) is 2.05. The van der Waals surface area contributed by atoms with Gasteiger partial charge in [0.15, 0.2) is 0 Å². The number of benzene rings is 1. The summed E-state index contributed by atoms with van der Waals surface area (Å²) in [6.45, 7) is 2.40. The van der Waals surface area contributed by atoms with Gasteiger partial charge in [-0.1, -0.05) is 18.2 Å². The number of nitrogens with one attached hydrogen (secondary N) is 2. The molecule has 1 atom stereocenters. The minimum atomic E-state index is 0.0415. The lowest BCUT2D eigenvalue weighted by atomic mass is 10.2. The van der Waals surface area contributed by atoms with Gasteiger partial charge in [0.25, 0.3) is 0 Å². The molecule has 18 heavy (non-hydrogen) atoms. The number of rotatable bonds is 4. The summed E-state index contributed by atoms with van der Waals surface area (Å²) in [5.41, 5.74) is 2.00. The molecule has 3 nitrogen and oxygen atoms in total. The summed E-state index contributed by atoms with van der Waals surface area (Å²) < 4.78 is 0. The van der Waals surface area contributed by atoms with Crippen LogP contribution in [0.5, 0.6) is 0 Å². The summed E-state index contributed by atoms with van der Waals surface area (Å²) in [6, 6.07) is 8.34. The summed E-state index contributed by atoms with van der Waals surface area (Å²) >= 11 is 1.97. The molecule has 1 heterocycles. The van der Waals surface area contributed by atoms with Crippen molar-refractivity contribution in [1.82, 2.24) is 5.32 Å². The number of carbonyl (C=O) groups is 1. The number of hydrogen-bond donors (Lipinski definition) is 2. The molecule has 1 aliphatic rings. The van der Waals surface area contributed by atoms with Gasteiger partial charge in [0, 0.05) is 17.5 Å². The Morgan fingerprint density at radius 1 is 1.44 bits per heavy atom. The molecule has 1 aromatic carbocycles. The molecule has 1 aromatic rings. The van der Waals surface area contributed by atoms with Gasteiger partial charge < -0.3 is 10.6 Å². The predicted molar refractivity (Wildman–Crippen MR) is 78.2 cm³/mol. The number of aryl methyl sites for hydroxylation is 1. The first kappa shape index (κ1) is 13.4. The molecule has 0 radical (unpaired) electrons. The van der Waals surface area contributed by atoms with Crippen LogP contribution in [0.4, 0.5) is 5.69 Å². The van der Waals surface area contributed by atoms with Gasteiger partial charge in [-0.25, -0.2) is 0 Å². The van der Waals surface area contributed by atoms with E-state index in [2.05, 4.69) is 10.6 Å². The van der Waals surface area contributed by atoms with Gasteiger partial charge in [-0.2, -0.15) is 11.8 Å². The van der Waals surface area contributed by atoms with E-state index in [-0.39, 0.29) is 5.91 Å². The van der Waals surface area contributed by atoms with Crippen molar-refractivity contribution in [3.05, 3.63) is 29.8 Å². The summed E-state index contributed by atoms with van der Waals surface area (Å²) in [5.74, 6) is 2.42. The summed E-state index contributed by atoms with van der Waals surface area (Å²) in [7, 11) is 0. The standard InChI is InChI=1S/C14H20N2OS/c1-11-5-2-3-7-13(11)16-14(17)9-15-12-6-4-8-18-10-12/h2-3,5,7,12,15H,4,6,8-10H2,1H3,(H,16,17). The van der Waals surface area contributed by atoms with E-state index in [0.717, 1.165) is 17.0 Å². The minimum absolute atomic E-state index is 0.0415. The van der Waals surface area contributed by atoms with Crippen molar-refractivity contribution >= 4 is 23.4 Å². The highest BCUT2D eigenvalue weighted by Gasteiger charge is 2.14. The number of para-hydroxylation sites is 1. The molecular formula is C14H20N2OS. The summed E-state index contributed by atoms with van der Waals surface area (Å²) in [4.78, 5) is 11.8. The molecule has 0 aliphatic carbocycles. The molecule has 1 amide bonds. The lowest BCUT2D eigenvalue weighted by Crippen LogP contribution is -2.39. The number of anilines is 1. The van der Waals surface area contributed by atoms with Crippen molar-refractivity contribution in [2.45, 2.75) is 25.8 Å². The average molecular weight is 264 g/mol. The summed E-state index contributed by atoms with van der Waals surface area (Å²) in [5, 5.41) is 6.27. The van der Waals surface area contributed by atoms with E-state index in [1.165, 1.54) is 18.6 Å². The molecule has 1 aliphatic heterocycles. The smallest absolute Gasteiger partial charge is 0.238 e. The second-order valence-electron chi connectivity index (χ2n) is 4.66. The molecule has 98 valence electrons. The van der Waals surface area contributed by atoms with Crippen LogP contribution in [-0.4, -0.2) is 30.0 Å². The number of thioether (sulfide) groups is 1. The Morgan fingerprint density at radius 2 is 2.28 bits per heavy atom. The van der Waals surface area contributed by atoms with E-state index in [9.17, 15) is 4.79 Å². The number of hydrogen-bond acceptors (Lipinski definition) is 3. The molecule has 4 heteroatoms. The lowest BCUT2D eigenvalue weighted by molar-refractivity contribution is -0.115. The average Bonchev–Trinajstić information content (AvgIpc) is 2.40. The van der Waals surface area contributed by atoms with E-state index < -0.39 is 0 Å². The monoisotopic (exact) mass is 264 g/mol. The van der Waals surface area contributed by atoms with Crippen LogP contribution in [0.25, 0.3) is 0 Å². The quantitative estimate of drug-likeness (QED) is 0.877. The number of amides is 1. The van der Waals surface area contributed by atoms with E-state index >= 15 is 0 Å². The highest BCUT2D eigenvalue weighted by molar-refractivity contribution is 7.99. The molecule has 1 fully saturated rings. The second-order valence-corrected chi connectivity index (χ2v) is 5.81. The van der Waals surface area contributed by atoms with Crippen LogP contribution >= 0.6 is 11.8 Å². The second kappa shape index (κ2) is 6.81. The van der Waals surface area contributed by atoms with E-state index in [4.69, 9.17) is 0 Å². The van der Waals surface area contributed by atoms with Crippen molar-refractivity contribution in [1.29, 1.82) is 0 Å². The zero-order valence-corrected chi connectivity index (χ0v) is 11.6. The molecule has 0 saturated carbocycles.